The van der Waals surface area contributed by atoms with Gasteiger partial charge in [0, 0.05) is 11.8 Å². The molecule has 1 rings (SSSR count). The van der Waals surface area contributed by atoms with Crippen molar-refractivity contribution in [2.45, 2.75) is 19.3 Å². The van der Waals surface area contributed by atoms with E-state index in [9.17, 15) is 22.8 Å². The number of rotatable bonds is 4. The molecule has 1 aromatic carbocycles. The Labute approximate surface area is 112 Å². The summed E-state index contributed by atoms with van der Waals surface area (Å²) in [6, 6.07) is 3.06. The van der Waals surface area contributed by atoms with Crippen molar-refractivity contribution in [3.8, 4) is 5.75 Å². The van der Waals surface area contributed by atoms with Crippen LogP contribution in [-0.2, 0) is 4.79 Å². The van der Waals surface area contributed by atoms with Crippen LogP contribution in [0.1, 0.15) is 6.92 Å². The fourth-order valence-corrected chi connectivity index (χ4v) is 1.33. The Morgan fingerprint density at radius 1 is 1.35 bits per heavy atom. The van der Waals surface area contributed by atoms with E-state index in [2.05, 4.69) is 10.1 Å². The van der Waals surface area contributed by atoms with Crippen molar-refractivity contribution in [2.24, 2.45) is 5.73 Å². The fraction of sp³-hybridized carbons (Fsp3) is 0.273. The van der Waals surface area contributed by atoms with Gasteiger partial charge in [-0.25, -0.2) is 4.79 Å². The Morgan fingerprint density at radius 3 is 2.55 bits per heavy atom. The Kier molecular flexibility index (Phi) is 4.78. The number of hydrogen-bond donors (Lipinski definition) is 3. The van der Waals surface area contributed by atoms with E-state index >= 15 is 0 Å². The predicted molar refractivity (Wildman–Crippen MR) is 63.9 cm³/mol. The van der Waals surface area contributed by atoms with Gasteiger partial charge in [0.15, 0.2) is 0 Å². The lowest BCUT2D eigenvalue weighted by molar-refractivity contribution is -0.274. The maximum atomic E-state index is 12.0. The molecule has 0 aliphatic carbocycles. The average molecular weight is 291 g/mol. The van der Waals surface area contributed by atoms with Crippen LogP contribution < -0.4 is 21.1 Å². The third-order valence-corrected chi connectivity index (χ3v) is 2.09. The number of benzene rings is 1. The van der Waals surface area contributed by atoms with Crippen LogP contribution in [-0.4, -0.2) is 24.3 Å². The van der Waals surface area contributed by atoms with Crippen LogP contribution in [0, 0.1) is 0 Å². The molecule has 0 aliphatic heterocycles. The molecule has 0 unspecified atom stereocenters. The summed E-state index contributed by atoms with van der Waals surface area (Å²) in [7, 11) is 0. The van der Waals surface area contributed by atoms with Crippen molar-refractivity contribution in [3.63, 3.8) is 0 Å². The predicted octanol–water partition coefficient (Wildman–Crippen LogP) is 1.58. The Balaban J connectivity index is 2.71. The van der Waals surface area contributed by atoms with E-state index in [0.717, 1.165) is 12.1 Å². The van der Waals surface area contributed by atoms with E-state index in [1.54, 1.807) is 0 Å². The first kappa shape index (κ1) is 15.6. The highest BCUT2D eigenvalue weighted by atomic mass is 19.4. The molecule has 4 N–H and O–H groups in total. The normalized spacial score (nSPS) is 12.4. The molecule has 0 aromatic heterocycles. The van der Waals surface area contributed by atoms with Gasteiger partial charge < -0.3 is 15.8 Å². The van der Waals surface area contributed by atoms with Gasteiger partial charge >= 0.3 is 12.4 Å². The van der Waals surface area contributed by atoms with E-state index < -0.39 is 30.1 Å². The quantitative estimate of drug-likeness (QED) is 0.785. The lowest BCUT2D eigenvalue weighted by Crippen LogP contribution is -2.43. The van der Waals surface area contributed by atoms with Crippen LogP contribution in [0.5, 0.6) is 5.75 Å². The molecule has 1 atom stereocenters. The van der Waals surface area contributed by atoms with Gasteiger partial charge in [-0.2, -0.15) is 0 Å². The summed E-state index contributed by atoms with van der Waals surface area (Å²) >= 11 is 0. The Hall–Kier alpha value is -2.45. The molecule has 0 bridgehead atoms. The number of primary amides is 1. The molecule has 0 fully saturated rings. The number of nitrogens with two attached hydrogens (primary N) is 1. The van der Waals surface area contributed by atoms with Crippen LogP contribution in [0.4, 0.5) is 23.7 Å². The summed E-state index contributed by atoms with van der Waals surface area (Å²) in [5, 5.41) is 4.45. The van der Waals surface area contributed by atoms with Gasteiger partial charge in [0.25, 0.3) is 0 Å². The lowest BCUT2D eigenvalue weighted by Gasteiger charge is -2.15. The van der Waals surface area contributed by atoms with Gasteiger partial charge in [-0.05, 0) is 19.1 Å². The molecular weight excluding hydrogens is 279 g/mol. The van der Waals surface area contributed by atoms with Crippen LogP contribution >= 0.6 is 0 Å². The molecule has 0 saturated heterocycles. The van der Waals surface area contributed by atoms with Gasteiger partial charge in [-0.15, -0.1) is 13.2 Å². The van der Waals surface area contributed by atoms with Crippen molar-refractivity contribution >= 4 is 17.6 Å². The SMILES string of the molecule is C[C@@H](Nc1cccc(OC(F)(F)F)c1)C(=O)NC(N)=O. The van der Waals surface area contributed by atoms with Crippen molar-refractivity contribution in [1.82, 2.24) is 5.32 Å². The zero-order valence-corrected chi connectivity index (χ0v) is 10.3. The smallest absolute Gasteiger partial charge is 0.406 e. The van der Waals surface area contributed by atoms with E-state index in [-0.39, 0.29) is 5.69 Å². The Morgan fingerprint density at radius 2 is 2.00 bits per heavy atom. The van der Waals surface area contributed by atoms with E-state index in [0.29, 0.717) is 0 Å². The molecule has 0 saturated carbocycles. The summed E-state index contributed by atoms with van der Waals surface area (Å²) in [4.78, 5) is 21.9. The lowest BCUT2D eigenvalue weighted by atomic mass is 10.2. The number of anilines is 1. The zero-order chi connectivity index (χ0) is 15.3. The van der Waals surface area contributed by atoms with Crippen molar-refractivity contribution in [2.75, 3.05) is 5.32 Å². The zero-order valence-electron chi connectivity index (χ0n) is 10.3. The first-order valence-electron chi connectivity index (χ1n) is 5.40. The van der Waals surface area contributed by atoms with Gasteiger partial charge in [0.2, 0.25) is 5.91 Å². The number of alkyl halides is 3. The molecule has 0 heterocycles. The van der Waals surface area contributed by atoms with E-state index in [1.807, 2.05) is 5.32 Å². The molecule has 0 radical (unpaired) electrons. The first-order valence-corrected chi connectivity index (χ1v) is 5.40. The van der Waals surface area contributed by atoms with Gasteiger partial charge in [0.1, 0.15) is 11.8 Å². The summed E-state index contributed by atoms with van der Waals surface area (Å²) in [5.41, 5.74) is 5.00. The third kappa shape index (κ3) is 5.46. The second kappa shape index (κ2) is 6.13. The Bertz CT molecular complexity index is 505. The van der Waals surface area contributed by atoms with Crippen LogP contribution in [0.3, 0.4) is 0 Å². The molecule has 6 nitrogen and oxygen atoms in total. The number of halogens is 3. The first-order chi connectivity index (χ1) is 9.17. The molecule has 20 heavy (non-hydrogen) atoms. The van der Waals surface area contributed by atoms with E-state index in [4.69, 9.17) is 5.73 Å². The monoisotopic (exact) mass is 291 g/mol. The number of ether oxygens (including phenoxy) is 1. The highest BCUT2D eigenvalue weighted by Crippen LogP contribution is 2.25. The fourth-order valence-electron chi connectivity index (χ4n) is 1.33. The van der Waals surface area contributed by atoms with Crippen molar-refractivity contribution in [3.05, 3.63) is 24.3 Å². The highest BCUT2D eigenvalue weighted by molar-refractivity contribution is 5.97. The number of carbonyl (C=O) groups excluding carboxylic acids is 2. The highest BCUT2D eigenvalue weighted by Gasteiger charge is 2.31. The van der Waals surface area contributed by atoms with Crippen LogP contribution in [0.2, 0.25) is 0 Å². The number of nitrogens with one attached hydrogen (secondary N) is 2. The number of carbonyl (C=O) groups is 2. The number of amides is 3. The van der Waals surface area contributed by atoms with Crippen molar-refractivity contribution < 1.29 is 27.5 Å². The molecule has 0 aliphatic rings. The average Bonchev–Trinajstić information content (AvgIpc) is 2.25. The summed E-state index contributed by atoms with van der Waals surface area (Å²) in [6.45, 7) is 1.41. The third-order valence-electron chi connectivity index (χ3n) is 2.09. The summed E-state index contributed by atoms with van der Waals surface area (Å²) in [5.74, 6) is -1.13. The standard InChI is InChI=1S/C11H12F3N3O3/c1-6(9(18)17-10(15)19)16-7-3-2-4-8(5-7)20-11(12,13)14/h2-6,16H,1H3,(H3,15,17,18,19)/t6-/m1/s1. The maximum absolute atomic E-state index is 12.0. The molecule has 1 aromatic rings. The van der Waals surface area contributed by atoms with Crippen LogP contribution in [0.25, 0.3) is 0 Å². The number of urea groups is 1. The topological polar surface area (TPSA) is 93.4 Å². The molecule has 110 valence electrons. The van der Waals surface area contributed by atoms with Gasteiger partial charge in [0.05, 0.1) is 0 Å². The molecule has 3 amide bonds. The van der Waals surface area contributed by atoms with Gasteiger partial charge in [-0.3, -0.25) is 10.1 Å². The minimum atomic E-state index is -4.80. The minimum absolute atomic E-state index is 0.221. The molecule has 9 heteroatoms. The largest absolute Gasteiger partial charge is 0.573 e. The maximum Gasteiger partial charge on any atom is 0.573 e. The van der Waals surface area contributed by atoms with E-state index in [1.165, 1.54) is 19.1 Å². The second-order valence-electron chi connectivity index (χ2n) is 3.80. The number of imide groups is 1. The number of hydrogen-bond acceptors (Lipinski definition) is 4. The second-order valence-corrected chi connectivity index (χ2v) is 3.80. The summed E-state index contributed by atoms with van der Waals surface area (Å²) < 4.78 is 39.9. The molecular formula is C11H12F3N3O3. The van der Waals surface area contributed by atoms with Gasteiger partial charge in [-0.1, -0.05) is 6.07 Å². The molecule has 0 spiro atoms. The van der Waals surface area contributed by atoms with Crippen molar-refractivity contribution in [1.29, 1.82) is 0 Å². The van der Waals surface area contributed by atoms with Crippen LogP contribution in [0.15, 0.2) is 24.3 Å². The minimum Gasteiger partial charge on any atom is -0.406 e. The summed E-state index contributed by atoms with van der Waals surface area (Å²) in [6.07, 6.45) is -4.80.